The lowest BCUT2D eigenvalue weighted by Gasteiger charge is -2.62. The molecule has 440 valence electrons. The Labute approximate surface area is 459 Å². The smallest absolute Gasteiger partial charge is 0.316 e. The predicted octanol–water partition coefficient (Wildman–Crippen LogP) is 4.50. The molecule has 2 unspecified atom stereocenters. The van der Waals surface area contributed by atoms with Gasteiger partial charge in [-0.3, -0.25) is 28.8 Å². The second-order valence-electron chi connectivity index (χ2n) is 25.8. The van der Waals surface area contributed by atoms with Crippen LogP contribution in [0, 0.1) is 40.4 Å². The van der Waals surface area contributed by atoms with Gasteiger partial charge in [-0.25, -0.2) is 4.39 Å². The van der Waals surface area contributed by atoms with Crippen LogP contribution in [0.2, 0.25) is 0 Å². The van der Waals surface area contributed by atoms with E-state index in [2.05, 4.69) is 0 Å². The highest BCUT2D eigenvalue weighted by molar-refractivity contribution is 6.01. The zero-order chi connectivity index (χ0) is 58.2. The Bertz CT molecular complexity index is 2370. The van der Waals surface area contributed by atoms with Crippen LogP contribution in [-0.4, -0.2) is 189 Å². The lowest BCUT2D eigenvalue weighted by atomic mass is 9.44. The minimum atomic E-state index is -2.16. The SMILES string of the molecule is CC[C@H]1OC(=O)[C@H](C)C(=O)[C@H](C)[C@@H](O[C@@H]2O[C@H](C)CC(N(C)C)[C@H]2OC(=O)CCC(=O)OCC(=O)C23OC(C)(C)O[C@@H]2C[C@H]2[C@@H]4CCC5=CC(=O)C=C[C@]5(C)[C@@]4(F)[C@@H](O)C[C@@]23C)[C@](C)(O)C[C@@H](C)CN(C)[C@H](C)[C@@H](O)[C@]1(C)O. The van der Waals surface area contributed by atoms with Crippen LogP contribution < -0.4 is 0 Å². The second-order valence-corrected chi connectivity index (χ2v) is 25.8. The number of carbonyl (C=O) groups excluding carboxylic acids is 6. The van der Waals surface area contributed by atoms with E-state index in [0.717, 1.165) is 0 Å². The average Bonchev–Trinajstić information content (AvgIpc) is 3.77. The number of hydrogen-bond acceptors (Lipinski definition) is 19. The molecule has 0 bridgehead atoms. The van der Waals surface area contributed by atoms with Gasteiger partial charge in [0.25, 0.3) is 0 Å². The molecule has 3 saturated carbocycles. The number of rotatable bonds is 11. The third-order valence-corrected chi connectivity index (χ3v) is 19.4. The molecule has 78 heavy (non-hydrogen) atoms. The van der Waals surface area contributed by atoms with Gasteiger partial charge in [0.2, 0.25) is 5.78 Å². The highest BCUT2D eigenvalue weighted by atomic mass is 19.1. The molecule has 4 N–H and O–H groups in total. The molecule has 3 saturated heterocycles. The largest absolute Gasteiger partial charge is 0.459 e. The lowest BCUT2D eigenvalue weighted by Crippen LogP contribution is -2.70. The quantitative estimate of drug-likeness (QED) is 0.126. The van der Waals surface area contributed by atoms with Gasteiger partial charge in [-0.05, 0) is 145 Å². The first-order valence-electron chi connectivity index (χ1n) is 28.1. The maximum atomic E-state index is 18.0. The van der Waals surface area contributed by atoms with Gasteiger partial charge < -0.3 is 63.4 Å². The standard InChI is InChI=1S/C58H89FN2O17/c1-16-42-56(12,71)48(68)34(6)61(15)28-30(2)26-55(11,70)49(32(4)46(67)33(5)50(69)74-42)76-51-47(39(60(13)14)23-31(3)73-51)75-45(66)20-19-44(65)72-29-41(64)58-43(77-52(7,8)78-58)25-38-37-18-17-35-24-36(62)21-22-53(35,9)57(37,59)40(63)27-54(38,58)10/h21-22,24,30-34,37-40,42-43,47-49,51,63,68,70-71H,16-20,23,25-29H2,1-15H3/t30-,31-,32+,33-,34-,37+,38+,39?,40+,42-,43-,47-,48-,49-,51+,53+,54+,55-,56-,57+,58?/m1/s1. The molecular weight excluding hydrogens is 1020 g/mol. The van der Waals surface area contributed by atoms with Crippen molar-refractivity contribution >= 4 is 35.3 Å². The number of carbonyl (C=O) groups is 6. The highest BCUT2D eigenvalue weighted by Crippen LogP contribution is 2.72. The normalized spacial score (nSPS) is 46.1. The van der Waals surface area contributed by atoms with E-state index < -0.39 is 173 Å². The molecule has 0 aromatic rings. The van der Waals surface area contributed by atoms with Crippen LogP contribution in [0.15, 0.2) is 23.8 Å². The van der Waals surface area contributed by atoms with Gasteiger partial charge in [0.15, 0.2) is 47.6 Å². The van der Waals surface area contributed by atoms with Gasteiger partial charge in [-0.2, -0.15) is 0 Å². The number of Topliss-reactive ketones (excluding diaryl/α,β-unsaturated/α-hetero) is 2. The minimum absolute atomic E-state index is 0.0585. The van der Waals surface area contributed by atoms with E-state index in [1.54, 1.807) is 68.8 Å². The molecule has 7 aliphatic rings. The summed E-state index contributed by atoms with van der Waals surface area (Å²) in [5.74, 6) is -9.52. The molecule has 7 rings (SSSR count). The Balaban J connectivity index is 1.06. The number of aliphatic hydroxyl groups excluding tert-OH is 2. The summed E-state index contributed by atoms with van der Waals surface area (Å²) in [5, 5.41) is 47.5. The fraction of sp³-hybridized carbons (Fsp3) is 0.828. The fourth-order valence-corrected chi connectivity index (χ4v) is 15.2. The number of aliphatic hydroxyl groups is 4. The number of nitrogens with zero attached hydrogens (tertiary/aromatic N) is 2. The Morgan fingerprint density at radius 3 is 2.22 bits per heavy atom. The third-order valence-electron chi connectivity index (χ3n) is 19.4. The molecule has 0 amide bonds. The molecule has 20 heteroatoms. The zero-order valence-electron chi connectivity index (χ0n) is 48.5. The Morgan fingerprint density at radius 1 is 0.923 bits per heavy atom. The van der Waals surface area contributed by atoms with Crippen molar-refractivity contribution in [1.82, 2.24) is 9.80 Å². The molecule has 3 aliphatic heterocycles. The minimum Gasteiger partial charge on any atom is -0.459 e. The van der Waals surface area contributed by atoms with E-state index in [1.807, 2.05) is 23.6 Å². The molecule has 19 nitrogen and oxygen atoms in total. The maximum Gasteiger partial charge on any atom is 0.316 e. The van der Waals surface area contributed by atoms with E-state index >= 15 is 4.39 Å². The number of alkyl halides is 1. The van der Waals surface area contributed by atoms with Crippen molar-refractivity contribution in [3.05, 3.63) is 23.8 Å². The number of ether oxygens (including phenoxy) is 7. The number of cyclic esters (lactones) is 1. The molecule has 0 radical (unpaired) electrons. The van der Waals surface area contributed by atoms with Crippen LogP contribution in [0.1, 0.15) is 141 Å². The summed E-state index contributed by atoms with van der Waals surface area (Å²) < 4.78 is 61.5. The van der Waals surface area contributed by atoms with E-state index in [0.29, 0.717) is 31.4 Å². The van der Waals surface area contributed by atoms with Crippen LogP contribution >= 0.6 is 0 Å². The van der Waals surface area contributed by atoms with Crippen LogP contribution in [-0.2, 0) is 61.9 Å². The van der Waals surface area contributed by atoms with Gasteiger partial charge in [0.05, 0.1) is 48.9 Å². The van der Waals surface area contributed by atoms with Crippen molar-refractivity contribution in [1.29, 1.82) is 0 Å². The Hall–Kier alpha value is -3.57. The van der Waals surface area contributed by atoms with Gasteiger partial charge >= 0.3 is 17.9 Å². The fourth-order valence-electron chi connectivity index (χ4n) is 15.2. The van der Waals surface area contributed by atoms with Crippen LogP contribution in [0.3, 0.4) is 0 Å². The molecule has 6 fully saturated rings. The zero-order valence-corrected chi connectivity index (χ0v) is 48.5. The molecule has 0 aromatic carbocycles. The topological polar surface area (TPSA) is 254 Å². The predicted molar refractivity (Wildman–Crippen MR) is 280 cm³/mol. The summed E-state index contributed by atoms with van der Waals surface area (Å²) >= 11 is 0. The van der Waals surface area contributed by atoms with Gasteiger partial charge in [-0.1, -0.05) is 39.3 Å². The number of likely N-dealkylation sites (N-methyl/N-ethyl adjacent to an activating group) is 2. The van der Waals surface area contributed by atoms with Crippen LogP contribution in [0.4, 0.5) is 4.39 Å². The number of ketones is 3. The van der Waals surface area contributed by atoms with E-state index in [-0.39, 0.29) is 37.4 Å². The average molecular weight is 1110 g/mol. The van der Waals surface area contributed by atoms with Crippen molar-refractivity contribution in [3.63, 3.8) is 0 Å². The van der Waals surface area contributed by atoms with Crippen molar-refractivity contribution < 1.29 is 86.7 Å². The molecular formula is C58H89FN2O17. The van der Waals surface area contributed by atoms with Crippen LogP contribution in [0.5, 0.6) is 0 Å². The molecule has 4 aliphatic carbocycles. The Kier molecular flexibility index (Phi) is 17.7. The molecule has 0 spiro atoms. The summed E-state index contributed by atoms with van der Waals surface area (Å²) in [4.78, 5) is 86.4. The van der Waals surface area contributed by atoms with Crippen LogP contribution in [0.25, 0.3) is 0 Å². The van der Waals surface area contributed by atoms with Gasteiger partial charge in [0.1, 0.15) is 23.7 Å². The van der Waals surface area contributed by atoms with E-state index in [1.165, 1.54) is 39.8 Å². The summed E-state index contributed by atoms with van der Waals surface area (Å²) in [5.41, 5.74) is -9.37. The molecule has 3 heterocycles. The van der Waals surface area contributed by atoms with Crippen molar-refractivity contribution in [3.8, 4) is 0 Å². The van der Waals surface area contributed by atoms with Gasteiger partial charge in [0, 0.05) is 35.3 Å². The Morgan fingerprint density at radius 2 is 1.58 bits per heavy atom. The first kappa shape index (κ1) is 62.0. The maximum absolute atomic E-state index is 18.0. The summed E-state index contributed by atoms with van der Waals surface area (Å²) in [6, 6.07) is -1.16. The van der Waals surface area contributed by atoms with Gasteiger partial charge in [-0.15, -0.1) is 0 Å². The monoisotopic (exact) mass is 1100 g/mol. The lowest BCUT2D eigenvalue weighted by molar-refractivity contribution is -0.296. The third kappa shape index (κ3) is 10.9. The number of halogens is 1. The summed E-state index contributed by atoms with van der Waals surface area (Å²) in [6.07, 6.45) is -4.59. The number of hydrogen-bond donors (Lipinski definition) is 4. The summed E-state index contributed by atoms with van der Waals surface area (Å²) in [7, 11) is 5.33. The number of fused-ring (bicyclic) bond motifs is 7. The van der Waals surface area contributed by atoms with E-state index in [9.17, 15) is 49.2 Å². The molecule has 0 aromatic heterocycles. The molecule has 21 atom stereocenters. The first-order valence-corrected chi connectivity index (χ1v) is 28.1. The number of esters is 3. The van der Waals surface area contributed by atoms with E-state index in [4.69, 9.17) is 33.2 Å². The summed E-state index contributed by atoms with van der Waals surface area (Å²) in [6.45, 7) is 19.4. The van der Waals surface area contributed by atoms with Crippen molar-refractivity contribution in [2.45, 2.75) is 230 Å². The van der Waals surface area contributed by atoms with Crippen molar-refractivity contribution in [2.24, 2.45) is 40.4 Å². The number of allylic oxidation sites excluding steroid dienone is 4. The first-order chi connectivity index (χ1) is 36.0. The second kappa shape index (κ2) is 22.3. The highest BCUT2D eigenvalue weighted by Gasteiger charge is 2.80. The van der Waals surface area contributed by atoms with Crippen molar-refractivity contribution in [2.75, 3.05) is 34.3 Å².